The Morgan fingerprint density at radius 3 is 2.10 bits per heavy atom. The molecule has 0 radical (unpaired) electrons. The second-order valence-corrected chi connectivity index (χ2v) is 7.06. The van der Waals surface area contributed by atoms with Gasteiger partial charge in [0.2, 0.25) is 10.0 Å². The number of anilines is 1. The van der Waals surface area contributed by atoms with Crippen molar-refractivity contribution in [2.75, 3.05) is 5.73 Å². The quantitative estimate of drug-likeness (QED) is 0.834. The first-order valence-electron chi connectivity index (χ1n) is 6.82. The van der Waals surface area contributed by atoms with Crippen LogP contribution in [-0.4, -0.2) is 8.42 Å². The minimum absolute atomic E-state index is 0.245. The van der Waals surface area contributed by atoms with Gasteiger partial charge in [-0.2, -0.15) is 0 Å². The lowest BCUT2D eigenvalue weighted by Gasteiger charge is -2.09. The van der Waals surface area contributed by atoms with E-state index in [2.05, 4.69) is 18.6 Å². The Balaban J connectivity index is 2.09. The smallest absolute Gasteiger partial charge is 0.240 e. The van der Waals surface area contributed by atoms with Crippen LogP contribution in [0.2, 0.25) is 0 Å². The van der Waals surface area contributed by atoms with Crippen molar-refractivity contribution in [2.45, 2.75) is 31.2 Å². The molecule has 0 unspecified atom stereocenters. The molecule has 4 nitrogen and oxygen atoms in total. The second kappa shape index (κ2) is 6.28. The summed E-state index contributed by atoms with van der Waals surface area (Å²) in [5, 5.41) is 0. The van der Waals surface area contributed by atoms with Crippen LogP contribution >= 0.6 is 0 Å². The maximum absolute atomic E-state index is 12.2. The van der Waals surface area contributed by atoms with Crippen LogP contribution in [0.4, 0.5) is 5.69 Å². The van der Waals surface area contributed by atoms with E-state index in [0.717, 1.165) is 11.1 Å². The zero-order valence-electron chi connectivity index (χ0n) is 12.2. The lowest BCUT2D eigenvalue weighted by molar-refractivity contribution is 0.581. The predicted octanol–water partition coefficient (Wildman–Crippen LogP) is 2.87. The molecule has 2 aromatic carbocycles. The lowest BCUT2D eigenvalue weighted by Crippen LogP contribution is -2.23. The number of nitrogens with two attached hydrogens (primary N) is 1. The molecule has 0 bridgehead atoms. The Kier molecular flexibility index (Phi) is 4.65. The van der Waals surface area contributed by atoms with Gasteiger partial charge in [0.1, 0.15) is 0 Å². The molecule has 0 aliphatic rings. The summed E-state index contributed by atoms with van der Waals surface area (Å²) in [7, 11) is -3.49. The van der Waals surface area contributed by atoms with E-state index in [1.807, 2.05) is 12.1 Å². The molecule has 0 heterocycles. The SMILES string of the molecule is CC(C)c1ccc(S(=O)(=O)NCc2ccc(N)cc2)cc1. The highest BCUT2D eigenvalue weighted by Gasteiger charge is 2.13. The molecule has 0 saturated carbocycles. The van der Waals surface area contributed by atoms with E-state index >= 15 is 0 Å². The van der Waals surface area contributed by atoms with E-state index in [-0.39, 0.29) is 11.4 Å². The Morgan fingerprint density at radius 1 is 1.00 bits per heavy atom. The molecule has 5 heteroatoms. The van der Waals surface area contributed by atoms with Crippen LogP contribution in [0.1, 0.15) is 30.9 Å². The largest absolute Gasteiger partial charge is 0.399 e. The molecule has 0 aromatic heterocycles. The number of nitrogen functional groups attached to an aromatic ring is 1. The van der Waals surface area contributed by atoms with Gasteiger partial charge in [0.25, 0.3) is 0 Å². The van der Waals surface area contributed by atoms with E-state index < -0.39 is 10.0 Å². The van der Waals surface area contributed by atoms with Crippen LogP contribution in [0.25, 0.3) is 0 Å². The standard InChI is InChI=1S/C16H20N2O2S/c1-12(2)14-5-9-16(10-6-14)21(19,20)18-11-13-3-7-15(17)8-4-13/h3-10,12,18H,11,17H2,1-2H3. The summed E-state index contributed by atoms with van der Waals surface area (Å²) < 4.78 is 27.0. The van der Waals surface area contributed by atoms with Gasteiger partial charge in [-0.25, -0.2) is 13.1 Å². The molecule has 0 saturated heterocycles. The normalized spacial score (nSPS) is 11.8. The highest BCUT2D eigenvalue weighted by molar-refractivity contribution is 7.89. The molecule has 112 valence electrons. The third-order valence-electron chi connectivity index (χ3n) is 3.30. The van der Waals surface area contributed by atoms with Gasteiger partial charge in [-0.1, -0.05) is 38.1 Å². The van der Waals surface area contributed by atoms with Crippen LogP contribution in [0.15, 0.2) is 53.4 Å². The summed E-state index contributed by atoms with van der Waals surface area (Å²) >= 11 is 0. The third kappa shape index (κ3) is 4.06. The number of nitrogens with one attached hydrogen (secondary N) is 1. The van der Waals surface area contributed by atoms with Crippen LogP contribution in [-0.2, 0) is 16.6 Å². The molecule has 2 rings (SSSR count). The summed E-state index contributed by atoms with van der Waals surface area (Å²) in [6.07, 6.45) is 0. The van der Waals surface area contributed by atoms with Gasteiger partial charge in [0.05, 0.1) is 4.90 Å². The highest BCUT2D eigenvalue weighted by Crippen LogP contribution is 2.17. The van der Waals surface area contributed by atoms with Crippen molar-refractivity contribution >= 4 is 15.7 Å². The van der Waals surface area contributed by atoms with E-state index in [0.29, 0.717) is 11.6 Å². The molecular formula is C16H20N2O2S. The fourth-order valence-corrected chi connectivity index (χ4v) is 2.95. The van der Waals surface area contributed by atoms with Crippen LogP contribution in [0, 0.1) is 0 Å². The molecule has 0 aliphatic carbocycles. The lowest BCUT2D eigenvalue weighted by atomic mass is 10.0. The van der Waals surface area contributed by atoms with Crippen molar-refractivity contribution in [3.8, 4) is 0 Å². The maximum atomic E-state index is 12.2. The van der Waals surface area contributed by atoms with Crippen molar-refractivity contribution < 1.29 is 8.42 Å². The summed E-state index contributed by atoms with van der Waals surface area (Å²) in [4.78, 5) is 0.280. The average molecular weight is 304 g/mol. The minimum atomic E-state index is -3.49. The monoisotopic (exact) mass is 304 g/mol. The molecule has 0 atom stereocenters. The first-order chi connectivity index (χ1) is 9.88. The van der Waals surface area contributed by atoms with Crippen molar-refractivity contribution in [3.63, 3.8) is 0 Å². The molecule has 0 aliphatic heterocycles. The first kappa shape index (κ1) is 15.5. The number of hydrogen-bond acceptors (Lipinski definition) is 3. The summed E-state index contributed by atoms with van der Waals surface area (Å²) in [5.74, 6) is 0.379. The van der Waals surface area contributed by atoms with E-state index in [4.69, 9.17) is 5.73 Å². The van der Waals surface area contributed by atoms with E-state index in [9.17, 15) is 8.42 Å². The summed E-state index contributed by atoms with van der Waals surface area (Å²) in [6, 6.07) is 14.1. The molecule has 0 amide bonds. The Hall–Kier alpha value is -1.85. The van der Waals surface area contributed by atoms with Crippen molar-refractivity contribution in [1.82, 2.24) is 4.72 Å². The van der Waals surface area contributed by atoms with Crippen LogP contribution in [0.3, 0.4) is 0 Å². The van der Waals surface area contributed by atoms with Gasteiger partial charge < -0.3 is 5.73 Å². The first-order valence-corrected chi connectivity index (χ1v) is 8.31. The highest BCUT2D eigenvalue weighted by atomic mass is 32.2. The average Bonchev–Trinajstić information content (AvgIpc) is 2.47. The molecular weight excluding hydrogens is 284 g/mol. The van der Waals surface area contributed by atoms with Crippen LogP contribution < -0.4 is 10.5 Å². The van der Waals surface area contributed by atoms with Gasteiger partial charge in [0, 0.05) is 12.2 Å². The molecule has 2 aromatic rings. The van der Waals surface area contributed by atoms with Crippen molar-refractivity contribution in [1.29, 1.82) is 0 Å². The topological polar surface area (TPSA) is 72.2 Å². The Labute approximate surface area is 126 Å². The summed E-state index contributed by atoms with van der Waals surface area (Å²) in [5.41, 5.74) is 8.24. The van der Waals surface area contributed by atoms with Crippen LogP contribution in [0.5, 0.6) is 0 Å². The van der Waals surface area contributed by atoms with Gasteiger partial charge >= 0.3 is 0 Å². The zero-order chi connectivity index (χ0) is 15.5. The minimum Gasteiger partial charge on any atom is -0.399 e. The molecule has 0 spiro atoms. The fourth-order valence-electron chi connectivity index (χ4n) is 1.93. The number of rotatable bonds is 5. The number of hydrogen-bond donors (Lipinski definition) is 2. The second-order valence-electron chi connectivity index (χ2n) is 5.29. The van der Waals surface area contributed by atoms with E-state index in [1.165, 1.54) is 0 Å². The van der Waals surface area contributed by atoms with Gasteiger partial charge in [-0.3, -0.25) is 0 Å². The summed E-state index contributed by atoms with van der Waals surface area (Å²) in [6.45, 7) is 4.39. The maximum Gasteiger partial charge on any atom is 0.240 e. The fraction of sp³-hybridized carbons (Fsp3) is 0.250. The number of benzene rings is 2. The van der Waals surface area contributed by atoms with Gasteiger partial charge in [-0.15, -0.1) is 0 Å². The Morgan fingerprint density at radius 2 is 1.57 bits per heavy atom. The van der Waals surface area contributed by atoms with Gasteiger partial charge in [-0.05, 0) is 41.3 Å². The van der Waals surface area contributed by atoms with Gasteiger partial charge in [0.15, 0.2) is 0 Å². The van der Waals surface area contributed by atoms with Crippen molar-refractivity contribution in [2.24, 2.45) is 0 Å². The Bertz CT molecular complexity index is 690. The number of sulfonamides is 1. The van der Waals surface area contributed by atoms with E-state index in [1.54, 1.807) is 36.4 Å². The predicted molar refractivity (Wildman–Crippen MR) is 85.4 cm³/mol. The molecule has 0 fully saturated rings. The zero-order valence-corrected chi connectivity index (χ0v) is 13.0. The van der Waals surface area contributed by atoms with Crippen molar-refractivity contribution in [3.05, 3.63) is 59.7 Å². The third-order valence-corrected chi connectivity index (χ3v) is 4.72. The molecule has 3 N–H and O–H groups in total. The molecule has 21 heavy (non-hydrogen) atoms.